The lowest BCUT2D eigenvalue weighted by molar-refractivity contribution is 0.0697. The van der Waals surface area contributed by atoms with Gasteiger partial charge in [0.05, 0.1) is 5.56 Å². The molecule has 2 aromatic rings. The summed E-state index contributed by atoms with van der Waals surface area (Å²) in [7, 11) is 0. The van der Waals surface area contributed by atoms with Crippen LogP contribution in [-0.2, 0) is 6.42 Å². The number of hydrogen-bond donors (Lipinski definition) is 1. The molecule has 100 valence electrons. The average molecular weight is 266 g/mol. The van der Waals surface area contributed by atoms with Gasteiger partial charge in [-0.05, 0) is 29.2 Å². The maximum Gasteiger partial charge on any atom is 0.336 e. The van der Waals surface area contributed by atoms with Crippen molar-refractivity contribution in [2.75, 3.05) is 0 Å². The minimum Gasteiger partial charge on any atom is -0.478 e. The van der Waals surface area contributed by atoms with Crippen molar-refractivity contribution < 1.29 is 14.7 Å². The molecule has 0 saturated carbocycles. The molecule has 0 amide bonds. The van der Waals surface area contributed by atoms with E-state index in [4.69, 9.17) is 0 Å². The molecule has 1 N–H and O–H groups in total. The van der Waals surface area contributed by atoms with Gasteiger partial charge in [0.1, 0.15) is 0 Å². The van der Waals surface area contributed by atoms with Crippen molar-refractivity contribution in [1.29, 1.82) is 0 Å². The Morgan fingerprint density at radius 2 is 1.70 bits per heavy atom. The van der Waals surface area contributed by atoms with E-state index in [0.717, 1.165) is 16.7 Å². The third-order valence-electron chi connectivity index (χ3n) is 3.85. The fraction of sp³-hybridized carbons (Fsp3) is 0.176. The van der Waals surface area contributed by atoms with Gasteiger partial charge in [0.15, 0.2) is 5.78 Å². The van der Waals surface area contributed by atoms with Crippen LogP contribution in [0.15, 0.2) is 42.5 Å². The third kappa shape index (κ3) is 1.83. The molecule has 0 bridgehead atoms. The SMILES string of the molecule is CC1Cc2c(cccc2-c2ccccc2C(=O)O)C1=O. The summed E-state index contributed by atoms with van der Waals surface area (Å²) in [6.45, 7) is 1.91. The average Bonchev–Trinajstić information content (AvgIpc) is 2.74. The number of rotatable bonds is 2. The molecule has 1 aliphatic carbocycles. The van der Waals surface area contributed by atoms with Gasteiger partial charge in [-0.1, -0.05) is 43.3 Å². The van der Waals surface area contributed by atoms with E-state index in [-0.39, 0.29) is 17.3 Å². The number of carbonyl (C=O) groups excluding carboxylic acids is 1. The number of fused-ring (bicyclic) bond motifs is 1. The fourth-order valence-corrected chi connectivity index (χ4v) is 2.86. The molecular weight excluding hydrogens is 252 g/mol. The van der Waals surface area contributed by atoms with Crippen LogP contribution in [0.2, 0.25) is 0 Å². The van der Waals surface area contributed by atoms with E-state index < -0.39 is 5.97 Å². The lowest BCUT2D eigenvalue weighted by Gasteiger charge is -2.10. The van der Waals surface area contributed by atoms with Crippen molar-refractivity contribution in [3.63, 3.8) is 0 Å². The fourth-order valence-electron chi connectivity index (χ4n) is 2.86. The lowest BCUT2D eigenvalue weighted by atomic mass is 9.93. The van der Waals surface area contributed by atoms with Gasteiger partial charge in [-0.15, -0.1) is 0 Å². The number of carbonyl (C=O) groups is 2. The first-order valence-corrected chi connectivity index (χ1v) is 6.58. The zero-order valence-electron chi connectivity index (χ0n) is 11.1. The maximum atomic E-state index is 12.1. The molecule has 3 heteroatoms. The van der Waals surface area contributed by atoms with Crippen molar-refractivity contribution in [3.8, 4) is 11.1 Å². The normalized spacial score (nSPS) is 17.1. The van der Waals surface area contributed by atoms with Gasteiger partial charge in [-0.3, -0.25) is 4.79 Å². The second-order valence-electron chi connectivity index (χ2n) is 5.15. The zero-order valence-corrected chi connectivity index (χ0v) is 11.1. The number of ketones is 1. The van der Waals surface area contributed by atoms with Gasteiger partial charge >= 0.3 is 5.97 Å². The molecule has 0 aliphatic heterocycles. The van der Waals surface area contributed by atoms with E-state index in [9.17, 15) is 14.7 Å². The Hall–Kier alpha value is -2.42. The van der Waals surface area contributed by atoms with Crippen molar-refractivity contribution in [1.82, 2.24) is 0 Å². The molecule has 3 nitrogen and oxygen atoms in total. The molecule has 1 aliphatic rings. The lowest BCUT2D eigenvalue weighted by Crippen LogP contribution is -2.02. The minimum absolute atomic E-state index is 0.0249. The van der Waals surface area contributed by atoms with E-state index in [2.05, 4.69) is 0 Å². The van der Waals surface area contributed by atoms with Crippen LogP contribution in [-0.4, -0.2) is 16.9 Å². The van der Waals surface area contributed by atoms with Crippen LogP contribution in [0.5, 0.6) is 0 Å². The largest absolute Gasteiger partial charge is 0.478 e. The predicted molar refractivity (Wildman–Crippen MR) is 76.0 cm³/mol. The zero-order chi connectivity index (χ0) is 14.3. The van der Waals surface area contributed by atoms with Crippen LogP contribution >= 0.6 is 0 Å². The van der Waals surface area contributed by atoms with E-state index in [1.54, 1.807) is 18.2 Å². The monoisotopic (exact) mass is 266 g/mol. The Bertz CT molecular complexity index is 716. The summed E-state index contributed by atoms with van der Waals surface area (Å²) in [6.07, 6.45) is 0.679. The molecule has 3 rings (SSSR count). The Labute approximate surface area is 116 Å². The molecule has 20 heavy (non-hydrogen) atoms. The molecule has 1 unspecified atom stereocenters. The Balaban J connectivity index is 2.24. The molecule has 0 heterocycles. The van der Waals surface area contributed by atoms with E-state index >= 15 is 0 Å². The van der Waals surface area contributed by atoms with Crippen LogP contribution in [0.25, 0.3) is 11.1 Å². The standard InChI is InChI=1S/C17H14O3/c1-10-9-15-12(7-4-8-13(15)16(10)18)11-5-2-3-6-14(11)17(19)20/h2-8,10H,9H2,1H3,(H,19,20). The van der Waals surface area contributed by atoms with E-state index in [1.807, 2.05) is 31.2 Å². The Kier molecular flexibility index (Phi) is 2.90. The van der Waals surface area contributed by atoms with E-state index in [0.29, 0.717) is 12.0 Å². The first-order valence-electron chi connectivity index (χ1n) is 6.58. The van der Waals surface area contributed by atoms with Crippen LogP contribution in [0.1, 0.15) is 33.2 Å². The molecule has 0 aromatic heterocycles. The van der Waals surface area contributed by atoms with Crippen LogP contribution < -0.4 is 0 Å². The van der Waals surface area contributed by atoms with E-state index in [1.165, 1.54) is 0 Å². The molecule has 0 spiro atoms. The minimum atomic E-state index is -0.949. The second-order valence-corrected chi connectivity index (χ2v) is 5.15. The van der Waals surface area contributed by atoms with Gasteiger partial charge < -0.3 is 5.11 Å². The first kappa shape index (κ1) is 12.6. The Morgan fingerprint density at radius 3 is 2.45 bits per heavy atom. The summed E-state index contributed by atoms with van der Waals surface area (Å²) in [4.78, 5) is 23.4. The summed E-state index contributed by atoms with van der Waals surface area (Å²) in [5.74, 6) is -0.826. The second kappa shape index (κ2) is 4.60. The van der Waals surface area contributed by atoms with Crippen molar-refractivity contribution in [2.45, 2.75) is 13.3 Å². The van der Waals surface area contributed by atoms with Gasteiger partial charge in [0, 0.05) is 11.5 Å². The van der Waals surface area contributed by atoms with Crippen molar-refractivity contribution >= 4 is 11.8 Å². The van der Waals surface area contributed by atoms with Crippen molar-refractivity contribution in [2.24, 2.45) is 5.92 Å². The highest BCUT2D eigenvalue weighted by Gasteiger charge is 2.29. The number of Topliss-reactive ketones (excluding diaryl/α,β-unsaturated/α-hetero) is 1. The summed E-state index contributed by atoms with van der Waals surface area (Å²) in [6, 6.07) is 12.5. The molecule has 0 fully saturated rings. The molecule has 2 aromatic carbocycles. The van der Waals surface area contributed by atoms with Gasteiger partial charge in [0.2, 0.25) is 0 Å². The number of carboxylic acid groups (broad SMARTS) is 1. The molecule has 0 radical (unpaired) electrons. The smallest absolute Gasteiger partial charge is 0.336 e. The van der Waals surface area contributed by atoms with Crippen LogP contribution in [0, 0.1) is 5.92 Å². The van der Waals surface area contributed by atoms with Crippen molar-refractivity contribution in [3.05, 3.63) is 59.2 Å². The number of carboxylic acids is 1. The molecule has 0 saturated heterocycles. The van der Waals surface area contributed by atoms with Gasteiger partial charge in [0.25, 0.3) is 0 Å². The number of aromatic carboxylic acids is 1. The highest BCUT2D eigenvalue weighted by Crippen LogP contribution is 2.36. The number of hydrogen-bond acceptors (Lipinski definition) is 2. The summed E-state index contributed by atoms with van der Waals surface area (Å²) in [5, 5.41) is 9.31. The maximum absolute atomic E-state index is 12.1. The summed E-state index contributed by atoms with van der Waals surface area (Å²) in [5.41, 5.74) is 3.51. The number of benzene rings is 2. The first-order chi connectivity index (χ1) is 9.59. The summed E-state index contributed by atoms with van der Waals surface area (Å²) < 4.78 is 0. The topological polar surface area (TPSA) is 54.4 Å². The highest BCUT2D eigenvalue weighted by molar-refractivity contribution is 6.05. The third-order valence-corrected chi connectivity index (χ3v) is 3.85. The molecule has 1 atom stereocenters. The van der Waals surface area contributed by atoms with Crippen LogP contribution in [0.4, 0.5) is 0 Å². The van der Waals surface area contributed by atoms with Crippen LogP contribution in [0.3, 0.4) is 0 Å². The summed E-state index contributed by atoms with van der Waals surface area (Å²) >= 11 is 0. The van der Waals surface area contributed by atoms with Gasteiger partial charge in [-0.2, -0.15) is 0 Å². The Morgan fingerprint density at radius 1 is 1.05 bits per heavy atom. The predicted octanol–water partition coefficient (Wildman–Crippen LogP) is 3.43. The van der Waals surface area contributed by atoms with Gasteiger partial charge in [-0.25, -0.2) is 4.79 Å². The quantitative estimate of drug-likeness (QED) is 0.906. The molecular formula is C17H14O3. The highest BCUT2D eigenvalue weighted by atomic mass is 16.4.